The first-order valence-electron chi connectivity index (χ1n) is 10.7. The Bertz CT molecular complexity index is 827. The summed E-state index contributed by atoms with van der Waals surface area (Å²) < 4.78 is 7.75. The first-order chi connectivity index (χ1) is 14.2. The van der Waals surface area contributed by atoms with Gasteiger partial charge in [-0.3, -0.25) is 0 Å². The highest BCUT2D eigenvalue weighted by Crippen LogP contribution is 2.43. The molecule has 0 amide bonds. The Labute approximate surface area is 196 Å². The lowest BCUT2D eigenvalue weighted by atomic mass is 9.64. The Morgan fingerprint density at radius 1 is 1.20 bits per heavy atom. The van der Waals surface area contributed by atoms with E-state index in [1.54, 1.807) is 0 Å². The summed E-state index contributed by atoms with van der Waals surface area (Å²) >= 11 is 0. The molecule has 1 atom stereocenters. The number of benzene rings is 1. The summed E-state index contributed by atoms with van der Waals surface area (Å²) in [6.45, 7) is 4.97. The molecule has 1 aromatic heterocycles. The molecular weight excluding hydrogens is 491 g/mol. The van der Waals surface area contributed by atoms with Crippen LogP contribution in [0.3, 0.4) is 0 Å². The number of rotatable bonds is 7. The highest BCUT2D eigenvalue weighted by atomic mass is 127. The van der Waals surface area contributed by atoms with Crippen LogP contribution in [0.15, 0.2) is 35.3 Å². The average molecular weight is 524 g/mol. The van der Waals surface area contributed by atoms with E-state index in [1.165, 1.54) is 24.8 Å². The Balaban J connectivity index is 0.00000256. The summed E-state index contributed by atoms with van der Waals surface area (Å²) in [5, 5.41) is 15.5. The van der Waals surface area contributed by atoms with Gasteiger partial charge in [0.2, 0.25) is 0 Å². The van der Waals surface area contributed by atoms with Crippen LogP contribution in [0, 0.1) is 6.92 Å². The normalized spacial score (nSPS) is 20.3. The molecule has 8 heteroatoms. The van der Waals surface area contributed by atoms with Crippen LogP contribution in [-0.4, -0.2) is 46.5 Å². The number of aliphatic imine (C=N–C) groups is 1. The minimum Gasteiger partial charge on any atom is -0.376 e. The van der Waals surface area contributed by atoms with Gasteiger partial charge in [0.25, 0.3) is 0 Å². The first-order valence-corrected chi connectivity index (χ1v) is 10.7. The number of aryl methyl sites for hydroxylation is 1. The van der Waals surface area contributed by atoms with Crippen molar-refractivity contribution in [3.05, 3.63) is 47.5 Å². The third-order valence-electron chi connectivity index (χ3n) is 6.37. The second-order valence-electron chi connectivity index (χ2n) is 8.26. The quantitative estimate of drug-likeness (QED) is 0.331. The molecule has 164 valence electrons. The van der Waals surface area contributed by atoms with E-state index < -0.39 is 0 Å². The highest BCUT2D eigenvalue weighted by Gasteiger charge is 2.38. The summed E-state index contributed by atoms with van der Waals surface area (Å²) in [6, 6.07) is 10.9. The SMILES string of the molecule is Cc1nnc(CN=C(NCC2CCCO2)NCC2(c3ccccc3)CCC2)n1C.I. The second kappa shape index (κ2) is 10.6. The number of halogens is 1. The molecule has 4 rings (SSSR count). The van der Waals surface area contributed by atoms with Crippen LogP contribution < -0.4 is 10.6 Å². The fraction of sp³-hybridized carbons (Fsp3) is 0.591. The second-order valence-corrected chi connectivity index (χ2v) is 8.26. The van der Waals surface area contributed by atoms with E-state index in [0.29, 0.717) is 6.54 Å². The molecule has 0 bridgehead atoms. The van der Waals surface area contributed by atoms with Crippen molar-refractivity contribution >= 4 is 29.9 Å². The maximum atomic E-state index is 5.76. The Hall–Kier alpha value is -1.68. The molecule has 2 aromatic rings. The number of hydrogen-bond donors (Lipinski definition) is 2. The maximum Gasteiger partial charge on any atom is 0.191 e. The lowest BCUT2D eigenvalue weighted by Crippen LogP contribution is -2.50. The third-order valence-corrected chi connectivity index (χ3v) is 6.37. The fourth-order valence-electron chi connectivity index (χ4n) is 4.14. The van der Waals surface area contributed by atoms with Crippen LogP contribution >= 0.6 is 24.0 Å². The number of nitrogens with zero attached hydrogens (tertiary/aromatic N) is 4. The van der Waals surface area contributed by atoms with E-state index in [9.17, 15) is 0 Å². The van der Waals surface area contributed by atoms with Gasteiger partial charge in [-0.25, -0.2) is 4.99 Å². The molecule has 2 aliphatic rings. The van der Waals surface area contributed by atoms with Gasteiger partial charge in [-0.15, -0.1) is 34.2 Å². The Kier molecular flexibility index (Phi) is 8.10. The van der Waals surface area contributed by atoms with Crippen molar-refractivity contribution in [2.24, 2.45) is 12.0 Å². The van der Waals surface area contributed by atoms with Gasteiger partial charge in [0.15, 0.2) is 11.8 Å². The molecule has 1 unspecified atom stereocenters. The molecule has 1 aliphatic heterocycles. The van der Waals surface area contributed by atoms with Gasteiger partial charge in [-0.2, -0.15) is 0 Å². The van der Waals surface area contributed by atoms with Crippen molar-refractivity contribution in [2.75, 3.05) is 19.7 Å². The molecule has 1 aliphatic carbocycles. The molecule has 0 radical (unpaired) electrons. The predicted molar refractivity (Wildman–Crippen MR) is 129 cm³/mol. The van der Waals surface area contributed by atoms with Gasteiger partial charge in [0, 0.05) is 32.2 Å². The third kappa shape index (κ3) is 5.32. The van der Waals surface area contributed by atoms with Crippen molar-refractivity contribution in [1.82, 2.24) is 25.4 Å². The van der Waals surface area contributed by atoms with Gasteiger partial charge in [-0.05, 0) is 38.2 Å². The minimum atomic E-state index is 0. The van der Waals surface area contributed by atoms with E-state index in [1.807, 2.05) is 18.5 Å². The molecule has 1 saturated heterocycles. The van der Waals surface area contributed by atoms with Crippen molar-refractivity contribution in [3.63, 3.8) is 0 Å². The van der Waals surface area contributed by atoms with E-state index in [0.717, 1.165) is 50.1 Å². The van der Waals surface area contributed by atoms with E-state index in [2.05, 4.69) is 51.2 Å². The standard InChI is InChI=1S/C22H32N6O.HI/c1-17-26-27-20(28(17)2)15-24-21(23-14-19-10-6-13-29-19)25-16-22(11-7-12-22)18-8-4-3-5-9-18;/h3-5,8-9,19H,6-7,10-16H2,1-2H3,(H2,23,24,25);1H. The van der Waals surface area contributed by atoms with Crippen molar-refractivity contribution < 1.29 is 4.74 Å². The lowest BCUT2D eigenvalue weighted by molar-refractivity contribution is 0.113. The Morgan fingerprint density at radius 3 is 2.60 bits per heavy atom. The van der Waals surface area contributed by atoms with E-state index in [4.69, 9.17) is 9.73 Å². The number of ether oxygens (including phenoxy) is 1. The minimum absolute atomic E-state index is 0. The first kappa shape index (κ1) is 23.0. The van der Waals surface area contributed by atoms with Crippen LogP contribution in [0.4, 0.5) is 0 Å². The number of nitrogens with one attached hydrogen (secondary N) is 2. The van der Waals surface area contributed by atoms with Gasteiger partial charge in [-0.1, -0.05) is 36.8 Å². The smallest absolute Gasteiger partial charge is 0.191 e. The van der Waals surface area contributed by atoms with Crippen LogP contribution in [0.25, 0.3) is 0 Å². The summed E-state index contributed by atoms with van der Waals surface area (Å²) in [5.74, 6) is 2.58. The van der Waals surface area contributed by atoms with Crippen molar-refractivity contribution in [2.45, 2.75) is 57.1 Å². The zero-order valence-corrected chi connectivity index (χ0v) is 20.3. The summed E-state index contributed by atoms with van der Waals surface area (Å²) in [6.07, 6.45) is 6.23. The molecule has 30 heavy (non-hydrogen) atoms. The zero-order chi connectivity index (χ0) is 20.1. The molecule has 2 heterocycles. The monoisotopic (exact) mass is 524 g/mol. The van der Waals surface area contributed by atoms with Crippen LogP contribution in [0.2, 0.25) is 0 Å². The van der Waals surface area contributed by atoms with Crippen molar-refractivity contribution in [3.8, 4) is 0 Å². The van der Waals surface area contributed by atoms with Gasteiger partial charge < -0.3 is 19.9 Å². The largest absolute Gasteiger partial charge is 0.376 e. The molecule has 1 saturated carbocycles. The van der Waals surface area contributed by atoms with E-state index in [-0.39, 0.29) is 35.5 Å². The summed E-state index contributed by atoms with van der Waals surface area (Å²) in [4.78, 5) is 4.80. The van der Waals surface area contributed by atoms with Gasteiger partial charge >= 0.3 is 0 Å². The Morgan fingerprint density at radius 2 is 2.00 bits per heavy atom. The topological polar surface area (TPSA) is 76.4 Å². The number of hydrogen-bond acceptors (Lipinski definition) is 4. The molecular formula is C22H33IN6O. The fourth-order valence-corrected chi connectivity index (χ4v) is 4.14. The molecule has 2 N–H and O–H groups in total. The average Bonchev–Trinajstić information content (AvgIpc) is 3.34. The maximum absolute atomic E-state index is 5.76. The van der Waals surface area contributed by atoms with Crippen LogP contribution in [-0.2, 0) is 23.7 Å². The molecule has 7 nitrogen and oxygen atoms in total. The highest BCUT2D eigenvalue weighted by molar-refractivity contribution is 14.0. The van der Waals surface area contributed by atoms with Crippen LogP contribution in [0.5, 0.6) is 0 Å². The molecule has 0 spiro atoms. The molecule has 1 aromatic carbocycles. The van der Waals surface area contributed by atoms with E-state index >= 15 is 0 Å². The summed E-state index contributed by atoms with van der Waals surface area (Å²) in [5.41, 5.74) is 1.62. The zero-order valence-electron chi connectivity index (χ0n) is 17.9. The van der Waals surface area contributed by atoms with Crippen LogP contribution in [0.1, 0.15) is 49.3 Å². The molecule has 2 fully saturated rings. The van der Waals surface area contributed by atoms with Gasteiger partial charge in [0.05, 0.1) is 6.10 Å². The van der Waals surface area contributed by atoms with Crippen molar-refractivity contribution in [1.29, 1.82) is 0 Å². The number of guanidine groups is 1. The predicted octanol–water partition coefficient (Wildman–Crippen LogP) is 3.08. The lowest BCUT2D eigenvalue weighted by Gasteiger charge is -2.43. The summed E-state index contributed by atoms with van der Waals surface area (Å²) in [7, 11) is 1.98. The number of aromatic nitrogens is 3. The van der Waals surface area contributed by atoms with Gasteiger partial charge in [0.1, 0.15) is 12.4 Å².